The Hall–Kier alpha value is -1.19. The van der Waals surface area contributed by atoms with E-state index in [0.717, 1.165) is 25.4 Å². The molecule has 1 heterocycles. The number of thiazole rings is 1. The number of nitrogens with zero attached hydrogens (tertiary/aromatic N) is 1. The quantitative estimate of drug-likeness (QED) is 0.867. The predicted molar refractivity (Wildman–Crippen MR) is 85.5 cm³/mol. The van der Waals surface area contributed by atoms with Gasteiger partial charge in [-0.25, -0.2) is 4.98 Å². The van der Waals surface area contributed by atoms with Crippen LogP contribution in [0.15, 0.2) is 24.3 Å². The lowest BCUT2D eigenvalue weighted by molar-refractivity contribution is 0.726. The Balaban J connectivity index is 1.79. The molecule has 1 N–H and O–H groups in total. The molecule has 2 aromatic rings. The molecule has 1 aliphatic rings. The first kappa shape index (κ1) is 13.8. The monoisotopic (exact) mass is 286 g/mol. The maximum Gasteiger partial charge on any atom is 0.0975 e. The molecule has 0 bridgehead atoms. The molecule has 0 atom stereocenters. The van der Waals surface area contributed by atoms with E-state index in [1.807, 2.05) is 11.3 Å². The second-order valence-corrected chi connectivity index (χ2v) is 6.80. The fraction of sp³-hybridized carbons (Fsp3) is 0.471. The number of nitrogens with one attached hydrogen (secondary N) is 1. The molecular formula is C17H22N2S. The van der Waals surface area contributed by atoms with Crippen molar-refractivity contribution < 1.29 is 0 Å². The number of benzene rings is 1. The van der Waals surface area contributed by atoms with Gasteiger partial charge in [-0.05, 0) is 31.9 Å². The lowest BCUT2D eigenvalue weighted by atomic mass is 10.1. The van der Waals surface area contributed by atoms with Crippen LogP contribution in [0.4, 0.5) is 0 Å². The maximum atomic E-state index is 4.93. The minimum absolute atomic E-state index is 0.742. The molecule has 2 nitrogen and oxygen atoms in total. The first-order valence-electron chi connectivity index (χ1n) is 7.51. The summed E-state index contributed by atoms with van der Waals surface area (Å²) in [5.74, 6) is 0.742. The van der Waals surface area contributed by atoms with E-state index in [1.54, 1.807) is 0 Å². The molecular weight excluding hydrogens is 264 g/mol. The molecule has 0 saturated heterocycles. The first-order chi connectivity index (χ1) is 9.76. The number of rotatable bonds is 6. The van der Waals surface area contributed by atoms with Crippen LogP contribution in [-0.4, -0.2) is 11.5 Å². The zero-order valence-electron chi connectivity index (χ0n) is 12.3. The van der Waals surface area contributed by atoms with Gasteiger partial charge in [0.15, 0.2) is 0 Å². The van der Waals surface area contributed by atoms with Crippen LogP contribution in [0.2, 0.25) is 0 Å². The molecule has 0 radical (unpaired) electrons. The van der Waals surface area contributed by atoms with Crippen LogP contribution >= 0.6 is 11.3 Å². The Morgan fingerprint density at radius 1 is 1.35 bits per heavy atom. The van der Waals surface area contributed by atoms with E-state index in [2.05, 4.69) is 43.4 Å². The molecule has 1 aromatic heterocycles. The van der Waals surface area contributed by atoms with Gasteiger partial charge in [0.2, 0.25) is 0 Å². The highest BCUT2D eigenvalue weighted by molar-refractivity contribution is 7.11. The predicted octanol–water partition coefficient (Wildman–Crippen LogP) is 4.03. The SMILES string of the molecule is CCNCc1sc(Cc2cccc(C)c2)nc1C1CC1. The molecule has 3 rings (SSSR count). The summed E-state index contributed by atoms with van der Waals surface area (Å²) in [6, 6.07) is 8.76. The largest absolute Gasteiger partial charge is 0.312 e. The van der Waals surface area contributed by atoms with Crippen LogP contribution in [0.25, 0.3) is 0 Å². The van der Waals surface area contributed by atoms with Crippen molar-refractivity contribution in [1.82, 2.24) is 10.3 Å². The minimum atomic E-state index is 0.742. The van der Waals surface area contributed by atoms with Crippen molar-refractivity contribution in [3.05, 3.63) is 51.0 Å². The van der Waals surface area contributed by atoms with Crippen molar-refractivity contribution in [2.24, 2.45) is 0 Å². The fourth-order valence-corrected chi connectivity index (χ4v) is 3.69. The van der Waals surface area contributed by atoms with E-state index in [-0.39, 0.29) is 0 Å². The maximum absolute atomic E-state index is 4.93. The summed E-state index contributed by atoms with van der Waals surface area (Å²) in [7, 11) is 0. The normalized spacial score (nSPS) is 14.7. The minimum Gasteiger partial charge on any atom is -0.312 e. The molecule has 0 aliphatic heterocycles. The molecule has 106 valence electrons. The Kier molecular flexibility index (Phi) is 4.18. The van der Waals surface area contributed by atoms with Crippen LogP contribution in [0, 0.1) is 6.92 Å². The van der Waals surface area contributed by atoms with Crippen molar-refractivity contribution in [1.29, 1.82) is 0 Å². The number of hydrogen-bond acceptors (Lipinski definition) is 3. The van der Waals surface area contributed by atoms with E-state index in [1.165, 1.54) is 39.5 Å². The lowest BCUT2D eigenvalue weighted by Gasteiger charge is -2.00. The third-order valence-corrected chi connectivity index (χ3v) is 4.78. The smallest absolute Gasteiger partial charge is 0.0975 e. The molecule has 1 saturated carbocycles. The van der Waals surface area contributed by atoms with Gasteiger partial charge in [-0.3, -0.25) is 0 Å². The highest BCUT2D eigenvalue weighted by Gasteiger charge is 2.29. The van der Waals surface area contributed by atoms with Crippen LogP contribution in [0.3, 0.4) is 0 Å². The van der Waals surface area contributed by atoms with Crippen LogP contribution in [0.5, 0.6) is 0 Å². The van der Waals surface area contributed by atoms with E-state index in [4.69, 9.17) is 4.98 Å². The highest BCUT2D eigenvalue weighted by atomic mass is 32.1. The molecule has 1 aromatic carbocycles. The third kappa shape index (κ3) is 3.28. The third-order valence-electron chi connectivity index (χ3n) is 3.71. The molecule has 20 heavy (non-hydrogen) atoms. The lowest BCUT2D eigenvalue weighted by Crippen LogP contribution is -2.11. The fourth-order valence-electron chi connectivity index (χ4n) is 2.53. The molecule has 3 heteroatoms. The van der Waals surface area contributed by atoms with Crippen molar-refractivity contribution >= 4 is 11.3 Å². The molecule has 0 unspecified atom stereocenters. The summed E-state index contributed by atoms with van der Waals surface area (Å²) in [5.41, 5.74) is 4.07. The van der Waals surface area contributed by atoms with Crippen molar-refractivity contribution in [2.45, 2.75) is 45.6 Å². The van der Waals surface area contributed by atoms with Crippen LogP contribution in [-0.2, 0) is 13.0 Å². The Bertz CT molecular complexity index is 584. The first-order valence-corrected chi connectivity index (χ1v) is 8.32. The van der Waals surface area contributed by atoms with Gasteiger partial charge in [0.1, 0.15) is 0 Å². The van der Waals surface area contributed by atoms with Gasteiger partial charge in [0.25, 0.3) is 0 Å². The Morgan fingerprint density at radius 2 is 2.20 bits per heavy atom. The van der Waals surface area contributed by atoms with Gasteiger partial charge >= 0.3 is 0 Å². The molecule has 1 fully saturated rings. The number of aryl methyl sites for hydroxylation is 1. The second kappa shape index (κ2) is 6.06. The highest BCUT2D eigenvalue weighted by Crippen LogP contribution is 2.42. The number of aromatic nitrogens is 1. The second-order valence-electron chi connectivity index (χ2n) is 5.64. The van der Waals surface area contributed by atoms with Crippen LogP contribution < -0.4 is 5.32 Å². The van der Waals surface area contributed by atoms with Gasteiger partial charge in [0.05, 0.1) is 10.7 Å². The van der Waals surface area contributed by atoms with Crippen molar-refractivity contribution in [2.75, 3.05) is 6.54 Å². The summed E-state index contributed by atoms with van der Waals surface area (Å²) in [6.07, 6.45) is 3.62. The molecule has 0 spiro atoms. The van der Waals surface area contributed by atoms with E-state index in [9.17, 15) is 0 Å². The summed E-state index contributed by atoms with van der Waals surface area (Å²) < 4.78 is 0. The Labute approximate surface area is 125 Å². The summed E-state index contributed by atoms with van der Waals surface area (Å²) in [4.78, 5) is 6.38. The van der Waals surface area contributed by atoms with Crippen molar-refractivity contribution in [3.8, 4) is 0 Å². The summed E-state index contributed by atoms with van der Waals surface area (Å²) >= 11 is 1.89. The van der Waals surface area contributed by atoms with Gasteiger partial charge in [-0.15, -0.1) is 11.3 Å². The van der Waals surface area contributed by atoms with Gasteiger partial charge in [-0.1, -0.05) is 36.8 Å². The standard InChI is InChI=1S/C17H22N2S/c1-3-18-11-15-17(14-7-8-14)19-16(20-15)10-13-6-4-5-12(2)9-13/h4-6,9,14,18H,3,7-8,10-11H2,1-2H3. The molecule has 0 amide bonds. The van der Waals surface area contributed by atoms with Gasteiger partial charge < -0.3 is 5.32 Å². The molecule has 1 aliphatic carbocycles. The Morgan fingerprint density at radius 3 is 2.90 bits per heavy atom. The topological polar surface area (TPSA) is 24.9 Å². The van der Waals surface area contributed by atoms with E-state index < -0.39 is 0 Å². The average molecular weight is 286 g/mol. The zero-order valence-corrected chi connectivity index (χ0v) is 13.1. The van der Waals surface area contributed by atoms with E-state index in [0.29, 0.717) is 0 Å². The average Bonchev–Trinajstić information content (AvgIpc) is 3.19. The van der Waals surface area contributed by atoms with Crippen LogP contribution in [0.1, 0.15) is 52.4 Å². The summed E-state index contributed by atoms with van der Waals surface area (Å²) in [6.45, 7) is 6.31. The van der Waals surface area contributed by atoms with E-state index >= 15 is 0 Å². The van der Waals surface area contributed by atoms with Crippen molar-refractivity contribution in [3.63, 3.8) is 0 Å². The number of hydrogen-bond donors (Lipinski definition) is 1. The van der Waals surface area contributed by atoms with Gasteiger partial charge in [0, 0.05) is 23.8 Å². The van der Waals surface area contributed by atoms with Gasteiger partial charge in [-0.2, -0.15) is 0 Å². The zero-order chi connectivity index (χ0) is 13.9. The summed E-state index contributed by atoms with van der Waals surface area (Å²) in [5, 5.41) is 4.71.